The van der Waals surface area contributed by atoms with Crippen molar-refractivity contribution in [1.29, 1.82) is 0 Å². The Bertz CT molecular complexity index is 954. The zero-order valence-electron chi connectivity index (χ0n) is 13.9. The molecule has 6 heteroatoms. The van der Waals surface area contributed by atoms with Gasteiger partial charge in [-0.15, -0.1) is 0 Å². The molecule has 3 aromatic rings. The fourth-order valence-corrected chi connectivity index (χ4v) is 2.72. The van der Waals surface area contributed by atoms with Crippen LogP contribution in [-0.2, 0) is 7.05 Å². The number of nitrogens with zero attached hydrogens (tertiary/aromatic N) is 3. The third kappa shape index (κ3) is 2.50. The molecule has 0 radical (unpaired) electrons. The van der Waals surface area contributed by atoms with Crippen molar-refractivity contribution in [3.05, 3.63) is 39.5 Å². The molecule has 2 aromatic heterocycles. The Morgan fingerprint density at radius 1 is 1.22 bits per heavy atom. The Morgan fingerprint density at radius 3 is 2.57 bits per heavy atom. The second-order valence-corrected chi connectivity index (χ2v) is 5.53. The van der Waals surface area contributed by atoms with Crippen LogP contribution in [0.5, 0.6) is 5.75 Å². The van der Waals surface area contributed by atoms with Gasteiger partial charge in [0.2, 0.25) is 0 Å². The molecule has 0 aliphatic rings. The fraction of sp³-hybridized carbons (Fsp3) is 0.353. The molecule has 0 amide bonds. The molecule has 0 aliphatic heterocycles. The number of ether oxygens (including phenoxy) is 1. The van der Waals surface area contributed by atoms with Gasteiger partial charge in [-0.1, -0.05) is 0 Å². The van der Waals surface area contributed by atoms with Crippen LogP contribution >= 0.6 is 0 Å². The summed E-state index contributed by atoms with van der Waals surface area (Å²) >= 11 is 0. The Morgan fingerprint density at radius 2 is 1.96 bits per heavy atom. The summed E-state index contributed by atoms with van der Waals surface area (Å²) in [5.74, 6) is 2.07. The van der Waals surface area contributed by atoms with Gasteiger partial charge in [-0.2, -0.15) is 5.10 Å². The summed E-state index contributed by atoms with van der Waals surface area (Å²) in [7, 11) is 1.83. The van der Waals surface area contributed by atoms with Crippen LogP contribution in [0.15, 0.2) is 21.3 Å². The highest BCUT2D eigenvalue weighted by Gasteiger charge is 2.17. The van der Waals surface area contributed by atoms with Gasteiger partial charge in [0, 0.05) is 18.2 Å². The topological polar surface area (TPSA) is 70.2 Å². The Hall–Kier alpha value is -2.63. The SMILES string of the molecule is CCOc1cc(-c2nc(C)nn2C)cc2oc(=O)c(C)c(C)c12. The molecule has 0 N–H and O–H groups in total. The molecule has 3 rings (SSSR count). The maximum absolute atomic E-state index is 12.0. The lowest BCUT2D eigenvalue weighted by molar-refractivity contribution is 0.343. The van der Waals surface area contributed by atoms with Crippen molar-refractivity contribution in [1.82, 2.24) is 14.8 Å². The Kier molecular flexibility index (Phi) is 3.67. The lowest BCUT2D eigenvalue weighted by Gasteiger charge is -2.12. The van der Waals surface area contributed by atoms with Crippen molar-refractivity contribution >= 4 is 11.0 Å². The monoisotopic (exact) mass is 313 g/mol. The van der Waals surface area contributed by atoms with Gasteiger partial charge in [-0.05, 0) is 45.4 Å². The lowest BCUT2D eigenvalue weighted by atomic mass is 10.0. The molecule has 120 valence electrons. The third-order valence-electron chi connectivity index (χ3n) is 3.94. The summed E-state index contributed by atoms with van der Waals surface area (Å²) in [5, 5.41) is 5.09. The van der Waals surface area contributed by atoms with Crippen LogP contribution in [0.2, 0.25) is 0 Å². The molecule has 0 saturated carbocycles. The average Bonchev–Trinajstić information content (AvgIpc) is 2.83. The van der Waals surface area contributed by atoms with Crippen molar-refractivity contribution in [3.63, 3.8) is 0 Å². The molecule has 0 bridgehead atoms. The third-order valence-corrected chi connectivity index (χ3v) is 3.94. The van der Waals surface area contributed by atoms with E-state index in [0.29, 0.717) is 35.2 Å². The van der Waals surface area contributed by atoms with Crippen LogP contribution in [0.3, 0.4) is 0 Å². The number of aromatic nitrogens is 3. The maximum Gasteiger partial charge on any atom is 0.339 e. The van der Waals surface area contributed by atoms with Gasteiger partial charge in [-0.3, -0.25) is 0 Å². The Balaban J connectivity index is 2.37. The van der Waals surface area contributed by atoms with E-state index in [-0.39, 0.29) is 5.63 Å². The number of benzene rings is 1. The van der Waals surface area contributed by atoms with Crippen molar-refractivity contribution in [2.24, 2.45) is 7.05 Å². The quantitative estimate of drug-likeness (QED) is 0.695. The van der Waals surface area contributed by atoms with Crippen LogP contribution in [0.25, 0.3) is 22.4 Å². The van der Waals surface area contributed by atoms with Crippen LogP contribution in [0.4, 0.5) is 0 Å². The van der Waals surface area contributed by atoms with E-state index in [2.05, 4.69) is 10.1 Å². The van der Waals surface area contributed by atoms with E-state index < -0.39 is 0 Å². The van der Waals surface area contributed by atoms with E-state index in [1.54, 1.807) is 11.6 Å². The van der Waals surface area contributed by atoms with E-state index in [1.807, 2.05) is 40.0 Å². The van der Waals surface area contributed by atoms with Crippen molar-refractivity contribution in [2.75, 3.05) is 6.61 Å². The number of hydrogen-bond acceptors (Lipinski definition) is 5. The van der Waals surface area contributed by atoms with E-state index in [9.17, 15) is 4.79 Å². The molecular formula is C17H19N3O3. The second kappa shape index (κ2) is 5.53. The largest absolute Gasteiger partial charge is 0.493 e. The normalized spacial score (nSPS) is 11.2. The highest BCUT2D eigenvalue weighted by molar-refractivity contribution is 5.91. The summed E-state index contributed by atoms with van der Waals surface area (Å²) in [6.07, 6.45) is 0. The van der Waals surface area contributed by atoms with Crippen LogP contribution in [-0.4, -0.2) is 21.4 Å². The first kappa shape index (κ1) is 15.3. The van der Waals surface area contributed by atoms with Gasteiger partial charge in [0.1, 0.15) is 17.2 Å². The van der Waals surface area contributed by atoms with E-state index in [0.717, 1.165) is 16.5 Å². The van der Waals surface area contributed by atoms with Crippen molar-refractivity contribution in [2.45, 2.75) is 27.7 Å². The molecule has 0 spiro atoms. The lowest BCUT2D eigenvalue weighted by Crippen LogP contribution is -2.07. The molecule has 1 aromatic carbocycles. The van der Waals surface area contributed by atoms with Gasteiger partial charge < -0.3 is 9.15 Å². The van der Waals surface area contributed by atoms with E-state index >= 15 is 0 Å². The fourth-order valence-electron chi connectivity index (χ4n) is 2.72. The van der Waals surface area contributed by atoms with Gasteiger partial charge in [0.25, 0.3) is 0 Å². The first-order chi connectivity index (χ1) is 10.9. The van der Waals surface area contributed by atoms with Gasteiger partial charge in [-0.25, -0.2) is 14.5 Å². The minimum absolute atomic E-state index is 0.330. The molecule has 0 unspecified atom stereocenters. The van der Waals surface area contributed by atoms with Gasteiger partial charge in [0.15, 0.2) is 5.82 Å². The molecule has 2 heterocycles. The molecule has 23 heavy (non-hydrogen) atoms. The first-order valence-corrected chi connectivity index (χ1v) is 7.51. The smallest absolute Gasteiger partial charge is 0.339 e. The predicted molar refractivity (Wildman–Crippen MR) is 87.9 cm³/mol. The summed E-state index contributed by atoms with van der Waals surface area (Å²) < 4.78 is 13.0. The number of hydrogen-bond donors (Lipinski definition) is 0. The minimum atomic E-state index is -0.330. The van der Waals surface area contributed by atoms with Crippen LogP contribution < -0.4 is 10.4 Å². The van der Waals surface area contributed by atoms with Gasteiger partial charge in [0.05, 0.1) is 12.0 Å². The Labute approximate surface area is 133 Å². The second-order valence-electron chi connectivity index (χ2n) is 5.53. The zero-order chi connectivity index (χ0) is 16.7. The molecule has 6 nitrogen and oxygen atoms in total. The summed E-state index contributed by atoms with van der Waals surface area (Å²) in [6, 6.07) is 3.73. The minimum Gasteiger partial charge on any atom is -0.493 e. The van der Waals surface area contributed by atoms with Crippen molar-refractivity contribution in [3.8, 4) is 17.1 Å². The number of aryl methyl sites for hydroxylation is 3. The summed E-state index contributed by atoms with van der Waals surface area (Å²) in [4.78, 5) is 16.4. The summed E-state index contributed by atoms with van der Waals surface area (Å²) in [6.45, 7) is 7.95. The van der Waals surface area contributed by atoms with E-state index in [1.165, 1.54) is 0 Å². The zero-order valence-corrected chi connectivity index (χ0v) is 13.9. The molecule has 0 aliphatic carbocycles. The molecule has 0 atom stereocenters. The number of rotatable bonds is 3. The van der Waals surface area contributed by atoms with Crippen LogP contribution in [0, 0.1) is 20.8 Å². The standard InChI is InChI=1S/C17H19N3O3/c1-6-22-13-7-12(16-18-11(4)19-20(16)5)8-14-15(13)9(2)10(3)17(21)23-14/h7-8H,6H2,1-5H3. The van der Waals surface area contributed by atoms with Crippen molar-refractivity contribution < 1.29 is 9.15 Å². The summed E-state index contributed by atoms with van der Waals surface area (Å²) in [5.41, 5.74) is 2.44. The van der Waals surface area contributed by atoms with Crippen LogP contribution in [0.1, 0.15) is 23.9 Å². The molecule has 0 fully saturated rings. The van der Waals surface area contributed by atoms with E-state index in [4.69, 9.17) is 9.15 Å². The predicted octanol–water partition coefficient (Wildman–Crippen LogP) is 2.91. The van der Waals surface area contributed by atoms with Gasteiger partial charge >= 0.3 is 5.63 Å². The average molecular weight is 313 g/mol. The highest BCUT2D eigenvalue weighted by atomic mass is 16.5. The molecule has 0 saturated heterocycles. The first-order valence-electron chi connectivity index (χ1n) is 7.51. The highest BCUT2D eigenvalue weighted by Crippen LogP contribution is 2.34. The maximum atomic E-state index is 12.0. The number of fused-ring (bicyclic) bond motifs is 1. The molecular weight excluding hydrogens is 294 g/mol.